The Kier molecular flexibility index (Phi) is 3.79. The zero-order valence-electron chi connectivity index (χ0n) is 11.5. The molecule has 0 aliphatic carbocycles. The lowest BCUT2D eigenvalue weighted by Crippen LogP contribution is -2.14. The molecule has 1 aromatic carbocycles. The second kappa shape index (κ2) is 5.53. The summed E-state index contributed by atoms with van der Waals surface area (Å²) in [5, 5.41) is 18.3. The van der Waals surface area contributed by atoms with E-state index in [4.69, 9.17) is 15.9 Å². The lowest BCUT2D eigenvalue weighted by atomic mass is 10.2. The third-order valence-corrected chi connectivity index (χ3v) is 2.76. The fourth-order valence-electron chi connectivity index (χ4n) is 1.73. The molecule has 0 aliphatic rings. The number of nitrogens with two attached hydrogens (primary N) is 1. The molecule has 108 valence electrons. The SMILES string of the molecule is Cc1cc(C(=N)N)nc(Oc2cccc([N+](=O)[O-])c2C)n1. The van der Waals surface area contributed by atoms with Gasteiger partial charge in [0.25, 0.3) is 5.69 Å². The van der Waals surface area contributed by atoms with Gasteiger partial charge in [0.15, 0.2) is 0 Å². The first-order valence-corrected chi connectivity index (χ1v) is 6.00. The largest absolute Gasteiger partial charge is 0.424 e. The first kappa shape index (κ1) is 14.4. The van der Waals surface area contributed by atoms with E-state index >= 15 is 0 Å². The van der Waals surface area contributed by atoms with Crippen LogP contribution < -0.4 is 10.5 Å². The Bertz CT molecular complexity index is 730. The molecule has 21 heavy (non-hydrogen) atoms. The van der Waals surface area contributed by atoms with Gasteiger partial charge in [-0.3, -0.25) is 15.5 Å². The molecule has 0 unspecified atom stereocenters. The third-order valence-electron chi connectivity index (χ3n) is 2.76. The molecule has 0 spiro atoms. The van der Waals surface area contributed by atoms with Crippen LogP contribution in [0.2, 0.25) is 0 Å². The summed E-state index contributed by atoms with van der Waals surface area (Å²) in [6, 6.07) is 6.03. The van der Waals surface area contributed by atoms with E-state index in [9.17, 15) is 10.1 Å². The van der Waals surface area contributed by atoms with Crippen LogP contribution in [0.3, 0.4) is 0 Å². The number of aromatic nitrogens is 2. The number of ether oxygens (including phenoxy) is 1. The summed E-state index contributed by atoms with van der Waals surface area (Å²) < 4.78 is 5.49. The average Bonchev–Trinajstić information content (AvgIpc) is 2.40. The van der Waals surface area contributed by atoms with Gasteiger partial charge in [0.2, 0.25) is 0 Å². The second-order valence-electron chi connectivity index (χ2n) is 4.35. The van der Waals surface area contributed by atoms with E-state index in [1.807, 2.05) is 0 Å². The Morgan fingerprint density at radius 3 is 2.71 bits per heavy atom. The molecule has 0 radical (unpaired) electrons. The van der Waals surface area contributed by atoms with Crippen molar-refractivity contribution in [2.45, 2.75) is 13.8 Å². The second-order valence-corrected chi connectivity index (χ2v) is 4.35. The van der Waals surface area contributed by atoms with Crippen LogP contribution in [0.15, 0.2) is 24.3 Å². The van der Waals surface area contributed by atoms with Crippen LogP contribution in [0.5, 0.6) is 11.8 Å². The number of nitrogens with zero attached hydrogens (tertiary/aromatic N) is 3. The van der Waals surface area contributed by atoms with E-state index in [2.05, 4.69) is 9.97 Å². The van der Waals surface area contributed by atoms with Gasteiger partial charge in [-0.2, -0.15) is 4.98 Å². The zero-order valence-corrected chi connectivity index (χ0v) is 11.5. The first-order chi connectivity index (χ1) is 9.88. The van der Waals surface area contributed by atoms with Gasteiger partial charge in [-0.15, -0.1) is 0 Å². The van der Waals surface area contributed by atoms with Crippen LogP contribution in [0, 0.1) is 29.4 Å². The number of aryl methyl sites for hydroxylation is 1. The normalized spacial score (nSPS) is 10.2. The summed E-state index contributed by atoms with van der Waals surface area (Å²) >= 11 is 0. The number of nitro benzene ring substituents is 1. The van der Waals surface area contributed by atoms with Gasteiger partial charge >= 0.3 is 6.01 Å². The van der Waals surface area contributed by atoms with Gasteiger partial charge in [-0.05, 0) is 26.0 Å². The molecule has 0 saturated heterocycles. The molecule has 0 bridgehead atoms. The number of nitrogen functional groups attached to an aromatic ring is 1. The van der Waals surface area contributed by atoms with Gasteiger partial charge < -0.3 is 10.5 Å². The van der Waals surface area contributed by atoms with E-state index in [0.29, 0.717) is 11.3 Å². The standard InChI is InChI=1S/C13H13N5O3/c1-7-6-9(12(14)15)17-13(16-7)21-11-5-3-4-10(8(11)2)18(19)20/h3-6H,1-2H3,(H3,14,15). The van der Waals surface area contributed by atoms with Crippen molar-refractivity contribution in [3.63, 3.8) is 0 Å². The predicted molar refractivity (Wildman–Crippen MR) is 75.7 cm³/mol. The fraction of sp³-hybridized carbons (Fsp3) is 0.154. The Labute approximate surface area is 120 Å². The highest BCUT2D eigenvalue weighted by atomic mass is 16.6. The minimum absolute atomic E-state index is 0.0104. The van der Waals surface area contributed by atoms with Crippen molar-refractivity contribution in [1.29, 1.82) is 5.41 Å². The molecule has 2 rings (SSSR count). The maximum atomic E-state index is 10.9. The van der Waals surface area contributed by atoms with Crippen LogP contribution in [-0.2, 0) is 0 Å². The lowest BCUT2D eigenvalue weighted by Gasteiger charge is -2.08. The molecule has 8 nitrogen and oxygen atoms in total. The van der Waals surface area contributed by atoms with Crippen LogP contribution in [-0.4, -0.2) is 20.7 Å². The first-order valence-electron chi connectivity index (χ1n) is 6.00. The molecule has 0 atom stereocenters. The number of benzene rings is 1. The minimum Gasteiger partial charge on any atom is -0.424 e. The maximum Gasteiger partial charge on any atom is 0.322 e. The zero-order chi connectivity index (χ0) is 15.6. The van der Waals surface area contributed by atoms with Crippen LogP contribution in [0.25, 0.3) is 0 Å². The molecule has 0 saturated carbocycles. The quantitative estimate of drug-likeness (QED) is 0.383. The fourth-order valence-corrected chi connectivity index (χ4v) is 1.73. The highest BCUT2D eigenvalue weighted by Crippen LogP contribution is 2.29. The van der Waals surface area contributed by atoms with E-state index in [1.165, 1.54) is 12.1 Å². The summed E-state index contributed by atoms with van der Waals surface area (Å²) in [5.41, 5.74) is 6.52. The molecule has 0 fully saturated rings. The molecule has 0 aliphatic heterocycles. The topological polar surface area (TPSA) is 128 Å². The van der Waals surface area contributed by atoms with Crippen LogP contribution in [0.1, 0.15) is 17.0 Å². The molecule has 1 aromatic heterocycles. The van der Waals surface area contributed by atoms with Crippen molar-refractivity contribution < 1.29 is 9.66 Å². The monoisotopic (exact) mass is 287 g/mol. The predicted octanol–water partition coefficient (Wildman–Crippen LogP) is 2.08. The minimum atomic E-state index is -0.486. The molecule has 8 heteroatoms. The van der Waals surface area contributed by atoms with Crippen molar-refractivity contribution in [1.82, 2.24) is 9.97 Å². The molecule has 0 amide bonds. The number of rotatable bonds is 4. The van der Waals surface area contributed by atoms with Crippen LogP contribution >= 0.6 is 0 Å². The molecule has 1 heterocycles. The molecular weight excluding hydrogens is 274 g/mol. The molecule has 3 N–H and O–H groups in total. The van der Waals surface area contributed by atoms with Crippen molar-refractivity contribution in [2.24, 2.45) is 5.73 Å². The Balaban J connectivity index is 2.41. The van der Waals surface area contributed by atoms with Crippen molar-refractivity contribution in [2.75, 3.05) is 0 Å². The Morgan fingerprint density at radius 1 is 1.38 bits per heavy atom. The van der Waals surface area contributed by atoms with E-state index < -0.39 is 4.92 Å². The number of nitrogens with one attached hydrogen (secondary N) is 1. The smallest absolute Gasteiger partial charge is 0.322 e. The summed E-state index contributed by atoms with van der Waals surface area (Å²) in [6.07, 6.45) is 0. The van der Waals surface area contributed by atoms with E-state index in [0.717, 1.165) is 0 Å². The third kappa shape index (κ3) is 3.11. The Hall–Kier alpha value is -3.03. The average molecular weight is 287 g/mol. The van der Waals surface area contributed by atoms with Crippen molar-refractivity contribution >= 4 is 11.5 Å². The summed E-state index contributed by atoms with van der Waals surface area (Å²) in [6.45, 7) is 3.29. The number of nitro groups is 1. The number of hydrogen-bond acceptors (Lipinski definition) is 6. The van der Waals surface area contributed by atoms with Gasteiger partial charge in [-0.25, -0.2) is 4.98 Å². The van der Waals surface area contributed by atoms with E-state index in [1.54, 1.807) is 26.0 Å². The molecule has 2 aromatic rings. The Morgan fingerprint density at radius 2 is 2.10 bits per heavy atom. The number of hydrogen-bond donors (Lipinski definition) is 2. The van der Waals surface area contributed by atoms with Crippen molar-refractivity contribution in [3.05, 3.63) is 51.3 Å². The molecular formula is C13H13N5O3. The van der Waals surface area contributed by atoms with Crippen LogP contribution in [0.4, 0.5) is 5.69 Å². The van der Waals surface area contributed by atoms with Gasteiger partial charge in [0, 0.05) is 11.8 Å². The van der Waals surface area contributed by atoms with Crippen molar-refractivity contribution in [3.8, 4) is 11.8 Å². The lowest BCUT2D eigenvalue weighted by molar-refractivity contribution is -0.385. The summed E-state index contributed by atoms with van der Waals surface area (Å²) in [7, 11) is 0. The highest BCUT2D eigenvalue weighted by Gasteiger charge is 2.16. The van der Waals surface area contributed by atoms with Gasteiger partial charge in [-0.1, -0.05) is 6.07 Å². The number of amidine groups is 1. The van der Waals surface area contributed by atoms with E-state index in [-0.39, 0.29) is 29.0 Å². The highest BCUT2D eigenvalue weighted by molar-refractivity contribution is 5.93. The van der Waals surface area contributed by atoms with Gasteiger partial charge in [0.1, 0.15) is 17.3 Å². The van der Waals surface area contributed by atoms with Gasteiger partial charge in [0.05, 0.1) is 10.5 Å². The summed E-state index contributed by atoms with van der Waals surface area (Å²) in [5.74, 6) is 0.0745. The maximum absolute atomic E-state index is 10.9. The summed E-state index contributed by atoms with van der Waals surface area (Å²) in [4.78, 5) is 18.5.